The first-order valence-electron chi connectivity index (χ1n) is 20.5. The Balaban J connectivity index is 4.41. The van der Waals surface area contributed by atoms with Gasteiger partial charge in [-0.3, -0.25) is 14.4 Å². The lowest BCUT2D eigenvalue weighted by Gasteiger charge is -2.18. The van der Waals surface area contributed by atoms with Crippen LogP contribution >= 0.6 is 0 Å². The zero-order chi connectivity index (χ0) is 38.3. The van der Waals surface area contributed by atoms with Crippen molar-refractivity contribution in [2.45, 2.75) is 187 Å². The van der Waals surface area contributed by atoms with Gasteiger partial charge in [-0.2, -0.15) is 0 Å². The lowest BCUT2D eigenvalue weighted by Crippen LogP contribution is -2.47. The highest BCUT2D eigenvalue weighted by atomic mass is 16.5. The molecule has 0 saturated heterocycles. The van der Waals surface area contributed by atoms with Gasteiger partial charge in [0.15, 0.2) is 0 Å². The van der Waals surface area contributed by atoms with Gasteiger partial charge in [0.25, 0.3) is 0 Å². The van der Waals surface area contributed by atoms with Gasteiger partial charge in [0.2, 0.25) is 11.8 Å². The summed E-state index contributed by atoms with van der Waals surface area (Å²) in [6.45, 7) is 3.35. The molecule has 0 aliphatic heterocycles. The van der Waals surface area contributed by atoms with Gasteiger partial charge in [0.05, 0.1) is 13.2 Å². The topological polar surface area (TPSA) is 142 Å². The maximum atomic E-state index is 12.7. The number of aliphatic hydroxyl groups is 1. The van der Waals surface area contributed by atoms with Gasteiger partial charge < -0.3 is 25.6 Å². The van der Waals surface area contributed by atoms with Crippen molar-refractivity contribution in [3.63, 3.8) is 0 Å². The Hall–Kier alpha value is -3.20. The second-order valence-electron chi connectivity index (χ2n) is 13.7. The van der Waals surface area contributed by atoms with Crippen LogP contribution in [0.4, 0.5) is 0 Å². The SMILES string of the molecule is CC/C=C\C/C=C\C/C=C\C/C=C\CCC(=O)OC(CCCCCCCCCCCCC)CCCCCCCC(=O)NCC(=O)NC(CO)C(=O)O. The number of aliphatic carboxylic acids is 1. The number of amides is 2. The van der Waals surface area contributed by atoms with Crippen LogP contribution in [0.25, 0.3) is 0 Å². The summed E-state index contributed by atoms with van der Waals surface area (Å²) in [6, 6.07) is -1.39. The van der Waals surface area contributed by atoms with Gasteiger partial charge >= 0.3 is 11.9 Å². The number of allylic oxidation sites excluding steroid dienone is 8. The Kier molecular flexibility index (Phi) is 35.2. The smallest absolute Gasteiger partial charge is 0.328 e. The summed E-state index contributed by atoms with van der Waals surface area (Å²) in [5.41, 5.74) is 0. The summed E-state index contributed by atoms with van der Waals surface area (Å²) in [5.74, 6) is -2.38. The molecule has 0 aliphatic rings. The summed E-state index contributed by atoms with van der Waals surface area (Å²) in [5, 5.41) is 22.5. The molecule has 0 aliphatic carbocycles. The number of aliphatic hydroxyl groups excluding tert-OH is 1. The summed E-state index contributed by atoms with van der Waals surface area (Å²) >= 11 is 0. The molecule has 0 aromatic rings. The van der Waals surface area contributed by atoms with E-state index in [1.54, 1.807) is 0 Å². The summed E-state index contributed by atoms with van der Waals surface area (Å²) in [7, 11) is 0. The Labute approximate surface area is 316 Å². The number of unbranched alkanes of at least 4 members (excludes halogenated alkanes) is 14. The van der Waals surface area contributed by atoms with Crippen molar-refractivity contribution in [1.29, 1.82) is 0 Å². The van der Waals surface area contributed by atoms with E-state index >= 15 is 0 Å². The van der Waals surface area contributed by atoms with E-state index in [-0.39, 0.29) is 30.9 Å². The Bertz CT molecular complexity index is 1020. The number of carboxylic acids is 1. The van der Waals surface area contributed by atoms with Crippen LogP contribution < -0.4 is 10.6 Å². The molecule has 2 amide bonds. The monoisotopic (exact) mass is 731 g/mol. The highest BCUT2D eigenvalue weighted by Gasteiger charge is 2.19. The third-order valence-corrected chi connectivity index (χ3v) is 8.85. The summed E-state index contributed by atoms with van der Waals surface area (Å²) in [6.07, 6.45) is 42.8. The van der Waals surface area contributed by atoms with Crippen molar-refractivity contribution < 1.29 is 34.1 Å². The molecule has 0 spiro atoms. The number of carboxylic acid groups (broad SMARTS) is 1. The maximum Gasteiger partial charge on any atom is 0.328 e. The molecule has 52 heavy (non-hydrogen) atoms. The van der Waals surface area contributed by atoms with E-state index in [0.29, 0.717) is 19.3 Å². The Morgan fingerprint density at radius 1 is 0.596 bits per heavy atom. The zero-order valence-electron chi connectivity index (χ0n) is 32.8. The quantitative estimate of drug-likeness (QED) is 0.0286. The van der Waals surface area contributed by atoms with Crippen molar-refractivity contribution in [3.8, 4) is 0 Å². The first-order chi connectivity index (χ1) is 25.3. The van der Waals surface area contributed by atoms with Crippen molar-refractivity contribution in [3.05, 3.63) is 48.6 Å². The van der Waals surface area contributed by atoms with E-state index in [0.717, 1.165) is 70.6 Å². The molecule has 0 bridgehead atoms. The van der Waals surface area contributed by atoms with Gasteiger partial charge in [0.1, 0.15) is 12.1 Å². The molecule has 0 radical (unpaired) electrons. The highest BCUT2D eigenvalue weighted by Crippen LogP contribution is 2.18. The van der Waals surface area contributed by atoms with Crippen molar-refractivity contribution >= 4 is 23.8 Å². The molecule has 2 atom stereocenters. The molecule has 0 fully saturated rings. The number of hydrogen-bond donors (Lipinski definition) is 4. The predicted octanol–water partition coefficient (Wildman–Crippen LogP) is 9.59. The van der Waals surface area contributed by atoms with Crippen LogP contribution in [0.1, 0.15) is 174 Å². The van der Waals surface area contributed by atoms with Gasteiger partial charge in [-0.1, -0.05) is 146 Å². The Morgan fingerprint density at radius 2 is 1.08 bits per heavy atom. The van der Waals surface area contributed by atoms with Crippen LogP contribution in [0.15, 0.2) is 48.6 Å². The third-order valence-electron chi connectivity index (χ3n) is 8.85. The molecule has 0 heterocycles. The molecule has 9 nitrogen and oxygen atoms in total. The Morgan fingerprint density at radius 3 is 1.58 bits per heavy atom. The molecular formula is C43H74N2O7. The first-order valence-corrected chi connectivity index (χ1v) is 20.5. The lowest BCUT2D eigenvalue weighted by molar-refractivity contribution is -0.149. The molecule has 0 aromatic carbocycles. The average molecular weight is 731 g/mol. The van der Waals surface area contributed by atoms with Crippen LogP contribution in [-0.2, 0) is 23.9 Å². The van der Waals surface area contributed by atoms with Crippen LogP contribution in [0, 0.1) is 0 Å². The van der Waals surface area contributed by atoms with E-state index in [1.165, 1.54) is 64.2 Å². The molecule has 0 saturated carbocycles. The minimum absolute atomic E-state index is 0.0491. The fourth-order valence-electron chi connectivity index (χ4n) is 5.73. The van der Waals surface area contributed by atoms with Crippen molar-refractivity contribution in [2.24, 2.45) is 0 Å². The number of carbonyl (C=O) groups excluding carboxylic acids is 3. The van der Waals surface area contributed by atoms with E-state index in [2.05, 4.69) is 73.1 Å². The van der Waals surface area contributed by atoms with E-state index in [9.17, 15) is 19.2 Å². The number of nitrogens with one attached hydrogen (secondary N) is 2. The van der Waals surface area contributed by atoms with Crippen molar-refractivity contribution in [2.75, 3.05) is 13.2 Å². The zero-order valence-corrected chi connectivity index (χ0v) is 32.8. The standard InChI is InChI=1S/C43H74N2O7/c1-3-5-7-9-11-13-15-16-18-20-22-27-31-35-42(49)52-38(32-28-24-21-19-17-14-12-10-8-6-4-2)33-29-25-23-26-30-34-40(47)44-36-41(48)45-39(37-46)43(50)51/h5,7,11,13,16,18,22,27,38-39,46H,3-4,6,8-10,12,14-15,17,19-21,23-26,28-37H2,1-2H3,(H,44,47)(H,45,48)(H,50,51)/b7-5-,13-11-,18-16-,27-22-. The summed E-state index contributed by atoms with van der Waals surface area (Å²) < 4.78 is 5.97. The van der Waals surface area contributed by atoms with E-state index < -0.39 is 24.5 Å². The van der Waals surface area contributed by atoms with E-state index in [4.69, 9.17) is 14.9 Å². The number of rotatable bonds is 36. The normalized spacial score (nSPS) is 13.0. The fraction of sp³-hybridized carbons (Fsp3) is 0.721. The lowest BCUT2D eigenvalue weighted by atomic mass is 10.0. The first kappa shape index (κ1) is 48.8. The number of ether oxygens (including phenoxy) is 1. The van der Waals surface area contributed by atoms with Crippen LogP contribution in [0.2, 0.25) is 0 Å². The second kappa shape index (κ2) is 37.6. The molecule has 4 N–H and O–H groups in total. The van der Waals surface area contributed by atoms with Crippen LogP contribution in [-0.4, -0.2) is 59.3 Å². The maximum absolute atomic E-state index is 12.7. The average Bonchev–Trinajstić information content (AvgIpc) is 3.13. The van der Waals surface area contributed by atoms with E-state index in [1.807, 2.05) is 0 Å². The largest absolute Gasteiger partial charge is 0.480 e. The molecule has 0 aromatic heterocycles. The van der Waals surface area contributed by atoms with Crippen LogP contribution in [0.5, 0.6) is 0 Å². The summed E-state index contributed by atoms with van der Waals surface area (Å²) in [4.78, 5) is 47.4. The molecular weight excluding hydrogens is 656 g/mol. The number of carbonyl (C=O) groups is 4. The minimum atomic E-state index is -1.39. The van der Waals surface area contributed by atoms with Gasteiger partial charge in [-0.05, 0) is 64.2 Å². The molecule has 9 heteroatoms. The minimum Gasteiger partial charge on any atom is -0.480 e. The molecule has 0 rings (SSSR count). The van der Waals surface area contributed by atoms with Gasteiger partial charge in [-0.15, -0.1) is 0 Å². The predicted molar refractivity (Wildman–Crippen MR) is 213 cm³/mol. The second-order valence-corrected chi connectivity index (χ2v) is 13.7. The van der Waals surface area contributed by atoms with Crippen molar-refractivity contribution in [1.82, 2.24) is 10.6 Å². The van der Waals surface area contributed by atoms with Gasteiger partial charge in [-0.25, -0.2) is 4.79 Å². The molecule has 2 unspecified atom stereocenters. The third kappa shape index (κ3) is 33.9. The number of esters is 1. The molecule has 298 valence electrons. The fourth-order valence-corrected chi connectivity index (χ4v) is 5.73. The van der Waals surface area contributed by atoms with Crippen LogP contribution in [0.3, 0.4) is 0 Å². The highest BCUT2D eigenvalue weighted by molar-refractivity contribution is 5.87. The number of hydrogen-bond acceptors (Lipinski definition) is 6. The van der Waals surface area contributed by atoms with Gasteiger partial charge in [0, 0.05) is 12.8 Å².